The molecule has 0 bridgehead atoms. The largest absolute Gasteiger partial charge is 0.455 e. The van der Waals surface area contributed by atoms with Gasteiger partial charge in [-0.05, 0) is 31.0 Å². The van der Waals surface area contributed by atoms with Crippen LogP contribution in [0.2, 0.25) is 0 Å². The minimum absolute atomic E-state index is 0.243. The molecule has 2 nitrogen and oxygen atoms in total. The fourth-order valence-corrected chi connectivity index (χ4v) is 1.64. The van der Waals surface area contributed by atoms with Crippen molar-refractivity contribution in [3.63, 3.8) is 0 Å². The third-order valence-corrected chi connectivity index (χ3v) is 2.86. The highest BCUT2D eigenvalue weighted by atomic mass is 16.5. The second kappa shape index (κ2) is 10.2. The van der Waals surface area contributed by atoms with Gasteiger partial charge in [0.05, 0.1) is 5.56 Å². The molecule has 0 aliphatic heterocycles. The average Bonchev–Trinajstić information content (AvgIpc) is 2.57. The number of rotatable bonds is 5. The molecule has 2 heteroatoms. The van der Waals surface area contributed by atoms with Gasteiger partial charge < -0.3 is 4.74 Å². The molecule has 0 aromatic heterocycles. The average molecular weight is 294 g/mol. The Morgan fingerprint density at radius 1 is 1.05 bits per heavy atom. The van der Waals surface area contributed by atoms with Crippen LogP contribution in [0.15, 0.2) is 86.0 Å². The van der Waals surface area contributed by atoms with Crippen molar-refractivity contribution in [2.24, 2.45) is 0 Å². The molecule has 0 saturated heterocycles. The molecule has 114 valence electrons. The van der Waals surface area contributed by atoms with Crippen LogP contribution in [0, 0.1) is 0 Å². The van der Waals surface area contributed by atoms with E-state index in [1.54, 1.807) is 37.3 Å². The minimum atomic E-state index is -0.312. The molecule has 0 radical (unpaired) electrons. The van der Waals surface area contributed by atoms with Crippen LogP contribution in [0.25, 0.3) is 0 Å². The second-order valence-electron chi connectivity index (χ2n) is 4.69. The summed E-state index contributed by atoms with van der Waals surface area (Å²) in [5.41, 5.74) is 1.89. The van der Waals surface area contributed by atoms with Gasteiger partial charge in [-0.25, -0.2) is 4.79 Å². The highest BCUT2D eigenvalue weighted by Crippen LogP contribution is 2.03. The van der Waals surface area contributed by atoms with E-state index in [2.05, 4.69) is 25.3 Å². The molecular formula is C20H22O2. The van der Waals surface area contributed by atoms with Crippen LogP contribution in [0.3, 0.4) is 0 Å². The van der Waals surface area contributed by atoms with Crippen LogP contribution >= 0.6 is 0 Å². The zero-order chi connectivity index (χ0) is 16.2. The Labute approximate surface area is 132 Å². The molecule has 2 rings (SSSR count). The van der Waals surface area contributed by atoms with E-state index in [1.807, 2.05) is 30.3 Å². The lowest BCUT2D eigenvalue weighted by Gasteiger charge is -2.07. The van der Waals surface area contributed by atoms with Crippen LogP contribution in [0.4, 0.5) is 0 Å². The molecule has 0 N–H and O–H groups in total. The van der Waals surface area contributed by atoms with Gasteiger partial charge in [-0.15, -0.1) is 6.58 Å². The maximum Gasteiger partial charge on any atom is 0.338 e. The molecule has 0 aliphatic rings. The summed E-state index contributed by atoms with van der Waals surface area (Å²) in [5.74, 6) is -0.312. The summed E-state index contributed by atoms with van der Waals surface area (Å²) in [6, 6.07) is 19.2. The lowest BCUT2D eigenvalue weighted by atomic mass is 10.2. The van der Waals surface area contributed by atoms with E-state index in [9.17, 15) is 4.79 Å². The van der Waals surface area contributed by atoms with Crippen molar-refractivity contribution in [3.05, 3.63) is 97.1 Å². The number of carbonyl (C=O) groups is 1. The first-order valence-electron chi connectivity index (χ1n) is 7.20. The SMILES string of the molecule is C=CC(C)OC(=O)c1ccccc1.C=CCc1ccccc1. The van der Waals surface area contributed by atoms with E-state index in [-0.39, 0.29) is 12.1 Å². The van der Waals surface area contributed by atoms with E-state index < -0.39 is 0 Å². The third kappa shape index (κ3) is 6.71. The quantitative estimate of drug-likeness (QED) is 0.583. The van der Waals surface area contributed by atoms with Crippen molar-refractivity contribution in [2.45, 2.75) is 19.4 Å². The second-order valence-corrected chi connectivity index (χ2v) is 4.69. The van der Waals surface area contributed by atoms with Crippen LogP contribution < -0.4 is 0 Å². The van der Waals surface area contributed by atoms with Gasteiger partial charge >= 0.3 is 5.97 Å². The maximum atomic E-state index is 11.3. The first-order valence-corrected chi connectivity index (χ1v) is 7.20. The van der Waals surface area contributed by atoms with Gasteiger partial charge in [0.15, 0.2) is 0 Å². The summed E-state index contributed by atoms with van der Waals surface area (Å²) in [4.78, 5) is 11.3. The van der Waals surface area contributed by atoms with Gasteiger partial charge in [0.2, 0.25) is 0 Å². The van der Waals surface area contributed by atoms with E-state index in [4.69, 9.17) is 4.74 Å². The Morgan fingerprint density at radius 2 is 1.59 bits per heavy atom. The van der Waals surface area contributed by atoms with Gasteiger partial charge in [-0.3, -0.25) is 0 Å². The van der Waals surface area contributed by atoms with Crippen molar-refractivity contribution in [1.29, 1.82) is 0 Å². The molecule has 0 fully saturated rings. The number of hydrogen-bond acceptors (Lipinski definition) is 2. The van der Waals surface area contributed by atoms with E-state index in [0.717, 1.165) is 6.42 Å². The summed E-state index contributed by atoms with van der Waals surface area (Å²) in [6.45, 7) is 8.96. The summed E-state index contributed by atoms with van der Waals surface area (Å²) in [6.07, 6.45) is 4.23. The molecule has 0 heterocycles. The molecule has 2 aromatic carbocycles. The summed E-state index contributed by atoms with van der Waals surface area (Å²) in [5, 5.41) is 0. The van der Waals surface area contributed by atoms with Crippen LogP contribution in [-0.4, -0.2) is 12.1 Å². The lowest BCUT2D eigenvalue weighted by Crippen LogP contribution is -2.12. The van der Waals surface area contributed by atoms with Crippen molar-refractivity contribution >= 4 is 5.97 Å². The number of allylic oxidation sites excluding steroid dienone is 1. The van der Waals surface area contributed by atoms with Crippen molar-refractivity contribution < 1.29 is 9.53 Å². The summed E-state index contributed by atoms with van der Waals surface area (Å²) >= 11 is 0. The fraction of sp³-hybridized carbons (Fsp3) is 0.150. The van der Waals surface area contributed by atoms with Crippen molar-refractivity contribution in [3.8, 4) is 0 Å². The normalized spacial score (nSPS) is 10.6. The number of hydrogen-bond donors (Lipinski definition) is 0. The van der Waals surface area contributed by atoms with E-state index >= 15 is 0 Å². The molecule has 1 unspecified atom stereocenters. The van der Waals surface area contributed by atoms with E-state index in [0.29, 0.717) is 5.56 Å². The summed E-state index contributed by atoms with van der Waals surface area (Å²) in [7, 11) is 0. The molecule has 0 spiro atoms. The van der Waals surface area contributed by atoms with Gasteiger partial charge in [0.25, 0.3) is 0 Å². The Hall–Kier alpha value is -2.61. The minimum Gasteiger partial charge on any atom is -0.455 e. The molecule has 0 saturated carbocycles. The number of esters is 1. The molecule has 0 amide bonds. The predicted octanol–water partition coefficient (Wildman–Crippen LogP) is 4.83. The lowest BCUT2D eigenvalue weighted by molar-refractivity contribution is 0.0425. The van der Waals surface area contributed by atoms with Crippen LogP contribution in [0.1, 0.15) is 22.8 Å². The highest BCUT2D eigenvalue weighted by molar-refractivity contribution is 5.89. The van der Waals surface area contributed by atoms with Gasteiger partial charge in [0, 0.05) is 0 Å². The molecule has 0 aliphatic carbocycles. The Balaban J connectivity index is 0.000000235. The van der Waals surface area contributed by atoms with Crippen molar-refractivity contribution in [1.82, 2.24) is 0 Å². The van der Waals surface area contributed by atoms with Crippen molar-refractivity contribution in [2.75, 3.05) is 0 Å². The zero-order valence-corrected chi connectivity index (χ0v) is 12.9. The van der Waals surface area contributed by atoms with E-state index in [1.165, 1.54) is 5.56 Å². The Kier molecular flexibility index (Phi) is 8.06. The van der Waals surface area contributed by atoms with Crippen LogP contribution in [-0.2, 0) is 11.2 Å². The Bertz CT molecular complexity index is 573. The van der Waals surface area contributed by atoms with Gasteiger partial charge in [-0.2, -0.15) is 0 Å². The monoisotopic (exact) mass is 294 g/mol. The number of benzene rings is 2. The smallest absolute Gasteiger partial charge is 0.338 e. The zero-order valence-electron chi connectivity index (χ0n) is 12.9. The number of ether oxygens (including phenoxy) is 1. The molecule has 22 heavy (non-hydrogen) atoms. The number of carbonyl (C=O) groups excluding carboxylic acids is 1. The first-order chi connectivity index (χ1) is 10.7. The fourth-order valence-electron chi connectivity index (χ4n) is 1.64. The first kappa shape index (κ1) is 17.4. The topological polar surface area (TPSA) is 26.3 Å². The Morgan fingerprint density at radius 3 is 2.09 bits per heavy atom. The third-order valence-electron chi connectivity index (χ3n) is 2.86. The summed E-state index contributed by atoms with van der Waals surface area (Å²) < 4.78 is 5.03. The molecule has 2 aromatic rings. The van der Waals surface area contributed by atoms with Gasteiger partial charge in [-0.1, -0.05) is 67.3 Å². The van der Waals surface area contributed by atoms with Crippen LogP contribution in [0.5, 0.6) is 0 Å². The highest BCUT2D eigenvalue weighted by Gasteiger charge is 2.07. The standard InChI is InChI=1S/C11H12O2.C9H10/c1-3-9(2)13-11(12)10-7-5-4-6-8-10;1-2-6-9-7-4-3-5-8-9/h3-9H,1H2,2H3;2-5,7-8H,1,6H2. The molecular weight excluding hydrogens is 272 g/mol. The maximum absolute atomic E-state index is 11.3. The predicted molar refractivity (Wildman–Crippen MR) is 91.9 cm³/mol. The van der Waals surface area contributed by atoms with Gasteiger partial charge in [0.1, 0.15) is 6.10 Å². The molecule has 1 atom stereocenters.